The summed E-state index contributed by atoms with van der Waals surface area (Å²) in [4.78, 5) is 24.3. The Balaban J connectivity index is 2.12. The Kier molecular flexibility index (Phi) is 7.25. The summed E-state index contributed by atoms with van der Waals surface area (Å²) in [5.74, 6) is -1.60. The number of rotatable bonds is 6. The Labute approximate surface area is 143 Å². The van der Waals surface area contributed by atoms with Crippen LogP contribution in [0, 0.1) is 5.92 Å². The number of carbonyl (C=O) groups excluding carboxylic acids is 1. The van der Waals surface area contributed by atoms with E-state index in [9.17, 15) is 14.7 Å². The van der Waals surface area contributed by atoms with E-state index in [1.54, 1.807) is 0 Å². The van der Waals surface area contributed by atoms with Gasteiger partial charge in [-0.3, -0.25) is 9.59 Å². The highest BCUT2D eigenvalue weighted by Crippen LogP contribution is 2.25. The second-order valence-electron chi connectivity index (χ2n) is 6.30. The summed E-state index contributed by atoms with van der Waals surface area (Å²) < 4.78 is 5.62. The zero-order valence-corrected chi connectivity index (χ0v) is 14.2. The fourth-order valence-corrected chi connectivity index (χ4v) is 3.33. The zero-order valence-electron chi connectivity index (χ0n) is 14.2. The molecule has 0 aromatic heterocycles. The molecule has 3 unspecified atom stereocenters. The number of carbonyl (C=O) groups is 2. The number of hydrogen-bond donors (Lipinski definition) is 2. The smallest absolute Gasteiger partial charge is 0.308 e. The predicted octanol–water partition coefficient (Wildman–Crippen LogP) is 3.30. The number of aliphatic carboxylic acids is 1. The van der Waals surface area contributed by atoms with E-state index in [0.29, 0.717) is 19.4 Å². The van der Waals surface area contributed by atoms with Crippen LogP contribution < -0.4 is 5.32 Å². The first-order chi connectivity index (χ1) is 11.6. The molecular weight excluding hydrogens is 306 g/mol. The lowest BCUT2D eigenvalue weighted by Gasteiger charge is -2.29. The maximum atomic E-state index is 12.7. The number of hydrogen-bond acceptors (Lipinski definition) is 3. The van der Waals surface area contributed by atoms with Crippen molar-refractivity contribution in [3.05, 3.63) is 35.9 Å². The molecule has 1 fully saturated rings. The minimum atomic E-state index is -0.824. The number of amides is 1. The molecule has 0 heterocycles. The highest BCUT2D eigenvalue weighted by atomic mass is 16.5. The fraction of sp³-hybridized carbons (Fsp3) is 0.579. The number of ether oxygens (including phenoxy) is 1. The summed E-state index contributed by atoms with van der Waals surface area (Å²) >= 11 is 0. The van der Waals surface area contributed by atoms with Crippen LogP contribution in [0.5, 0.6) is 0 Å². The van der Waals surface area contributed by atoms with Gasteiger partial charge in [0.05, 0.1) is 5.92 Å². The van der Waals surface area contributed by atoms with Gasteiger partial charge in [0.2, 0.25) is 0 Å². The Morgan fingerprint density at radius 3 is 2.46 bits per heavy atom. The molecule has 1 saturated carbocycles. The molecule has 5 nitrogen and oxygen atoms in total. The highest BCUT2D eigenvalue weighted by Gasteiger charge is 2.32. The van der Waals surface area contributed by atoms with E-state index in [4.69, 9.17) is 4.74 Å². The molecule has 24 heavy (non-hydrogen) atoms. The monoisotopic (exact) mass is 333 g/mol. The SMILES string of the molecule is CCOC(C(=O)NC1CCCCCCC1C(=O)O)c1ccccc1. The van der Waals surface area contributed by atoms with E-state index >= 15 is 0 Å². The summed E-state index contributed by atoms with van der Waals surface area (Å²) in [6.07, 6.45) is 4.62. The second kappa shape index (κ2) is 9.42. The molecule has 5 heteroatoms. The molecule has 1 aliphatic carbocycles. The van der Waals surface area contributed by atoms with Gasteiger partial charge in [-0.05, 0) is 25.3 Å². The Morgan fingerprint density at radius 1 is 1.17 bits per heavy atom. The third-order valence-electron chi connectivity index (χ3n) is 4.58. The van der Waals surface area contributed by atoms with Gasteiger partial charge in [-0.1, -0.05) is 56.0 Å². The predicted molar refractivity (Wildman–Crippen MR) is 91.6 cm³/mol. The van der Waals surface area contributed by atoms with Crippen molar-refractivity contribution in [1.29, 1.82) is 0 Å². The fourth-order valence-electron chi connectivity index (χ4n) is 3.33. The van der Waals surface area contributed by atoms with Crippen molar-refractivity contribution in [2.45, 2.75) is 57.6 Å². The number of nitrogens with one attached hydrogen (secondary N) is 1. The van der Waals surface area contributed by atoms with E-state index in [0.717, 1.165) is 31.2 Å². The molecular formula is C19H27NO4. The lowest BCUT2D eigenvalue weighted by molar-refractivity contribution is -0.144. The first-order valence-electron chi connectivity index (χ1n) is 8.83. The minimum absolute atomic E-state index is 0.250. The Bertz CT molecular complexity index is 531. The maximum Gasteiger partial charge on any atom is 0.308 e. The topological polar surface area (TPSA) is 75.6 Å². The van der Waals surface area contributed by atoms with Crippen LogP contribution in [-0.4, -0.2) is 29.6 Å². The molecule has 0 saturated heterocycles. The van der Waals surface area contributed by atoms with Gasteiger partial charge in [-0.2, -0.15) is 0 Å². The summed E-state index contributed by atoms with van der Waals surface area (Å²) in [6.45, 7) is 2.26. The molecule has 2 N–H and O–H groups in total. The molecule has 0 spiro atoms. The summed E-state index contributed by atoms with van der Waals surface area (Å²) in [5, 5.41) is 12.5. The van der Waals surface area contributed by atoms with E-state index in [2.05, 4.69) is 5.32 Å². The standard InChI is InChI=1S/C19H27NO4/c1-2-24-17(14-10-6-5-7-11-14)18(21)20-16-13-9-4-3-8-12-15(16)19(22)23/h5-7,10-11,15-17H,2-4,8-9,12-13H2,1H3,(H,20,21)(H,22,23). The van der Waals surface area contributed by atoms with Crippen LogP contribution in [-0.2, 0) is 14.3 Å². The zero-order chi connectivity index (χ0) is 17.4. The second-order valence-corrected chi connectivity index (χ2v) is 6.30. The molecule has 0 radical (unpaired) electrons. The van der Waals surface area contributed by atoms with Crippen LogP contribution in [0.1, 0.15) is 57.1 Å². The van der Waals surface area contributed by atoms with Crippen LogP contribution in [0.3, 0.4) is 0 Å². The van der Waals surface area contributed by atoms with E-state index in [1.165, 1.54) is 0 Å². The van der Waals surface area contributed by atoms with Crippen molar-refractivity contribution in [1.82, 2.24) is 5.32 Å². The van der Waals surface area contributed by atoms with Crippen molar-refractivity contribution in [2.75, 3.05) is 6.61 Å². The van der Waals surface area contributed by atoms with Crippen LogP contribution in [0.25, 0.3) is 0 Å². The molecule has 0 aliphatic heterocycles. The Morgan fingerprint density at radius 2 is 1.83 bits per heavy atom. The van der Waals surface area contributed by atoms with Crippen molar-refractivity contribution >= 4 is 11.9 Å². The third kappa shape index (κ3) is 5.06. The molecule has 1 aliphatic rings. The molecule has 1 amide bonds. The van der Waals surface area contributed by atoms with E-state index in [1.807, 2.05) is 37.3 Å². The van der Waals surface area contributed by atoms with Crippen LogP contribution in [0.2, 0.25) is 0 Å². The van der Waals surface area contributed by atoms with Gasteiger partial charge in [-0.25, -0.2) is 0 Å². The van der Waals surface area contributed by atoms with Gasteiger partial charge < -0.3 is 15.2 Å². The molecule has 3 atom stereocenters. The molecule has 2 rings (SSSR count). The summed E-state index contributed by atoms with van der Waals surface area (Å²) in [5.41, 5.74) is 0.787. The van der Waals surface area contributed by atoms with Gasteiger partial charge in [0.25, 0.3) is 5.91 Å². The Hall–Kier alpha value is -1.88. The van der Waals surface area contributed by atoms with Gasteiger partial charge >= 0.3 is 5.97 Å². The summed E-state index contributed by atoms with van der Waals surface area (Å²) in [6, 6.07) is 9.00. The summed E-state index contributed by atoms with van der Waals surface area (Å²) in [7, 11) is 0. The lowest BCUT2D eigenvalue weighted by Crippen LogP contribution is -2.46. The number of carboxylic acids is 1. The third-order valence-corrected chi connectivity index (χ3v) is 4.58. The minimum Gasteiger partial charge on any atom is -0.481 e. The maximum absolute atomic E-state index is 12.7. The first kappa shape index (κ1) is 18.5. The average molecular weight is 333 g/mol. The molecule has 1 aromatic rings. The molecule has 1 aromatic carbocycles. The van der Waals surface area contributed by atoms with Gasteiger partial charge in [0, 0.05) is 12.6 Å². The van der Waals surface area contributed by atoms with E-state index in [-0.39, 0.29) is 11.9 Å². The lowest BCUT2D eigenvalue weighted by atomic mass is 9.86. The normalized spacial score (nSPS) is 22.9. The number of benzene rings is 1. The van der Waals surface area contributed by atoms with Crippen molar-refractivity contribution in [3.8, 4) is 0 Å². The van der Waals surface area contributed by atoms with Crippen molar-refractivity contribution in [2.24, 2.45) is 5.92 Å². The van der Waals surface area contributed by atoms with Crippen LogP contribution >= 0.6 is 0 Å². The average Bonchev–Trinajstić information content (AvgIpc) is 2.55. The highest BCUT2D eigenvalue weighted by molar-refractivity contribution is 5.83. The van der Waals surface area contributed by atoms with Crippen molar-refractivity contribution in [3.63, 3.8) is 0 Å². The quantitative estimate of drug-likeness (QED) is 0.837. The molecule has 132 valence electrons. The van der Waals surface area contributed by atoms with Gasteiger partial charge in [0.15, 0.2) is 6.10 Å². The van der Waals surface area contributed by atoms with Crippen molar-refractivity contribution < 1.29 is 19.4 Å². The number of carboxylic acid groups (broad SMARTS) is 1. The van der Waals surface area contributed by atoms with E-state index < -0.39 is 18.0 Å². The van der Waals surface area contributed by atoms with Gasteiger partial charge in [-0.15, -0.1) is 0 Å². The molecule has 0 bridgehead atoms. The van der Waals surface area contributed by atoms with Crippen LogP contribution in [0.4, 0.5) is 0 Å². The van der Waals surface area contributed by atoms with Crippen LogP contribution in [0.15, 0.2) is 30.3 Å². The van der Waals surface area contributed by atoms with Gasteiger partial charge in [0.1, 0.15) is 0 Å². The first-order valence-corrected chi connectivity index (χ1v) is 8.83. The largest absolute Gasteiger partial charge is 0.481 e.